The number of methoxy groups -OCH3 is 3. The number of nitrogens with zero attached hydrogens (tertiary/aromatic N) is 11. The van der Waals surface area contributed by atoms with Crippen LogP contribution < -0.4 is 0 Å². The largest absolute Gasteiger partial charge is 0.468 e. The van der Waals surface area contributed by atoms with E-state index in [1.54, 1.807) is 26.5 Å². The number of aromatic nitrogens is 9. The minimum absolute atomic E-state index is 0.153. The van der Waals surface area contributed by atoms with Crippen LogP contribution in [0.1, 0.15) is 72.3 Å². The Morgan fingerprint density at radius 2 is 0.922 bits per heavy atom. The molecule has 3 aliphatic heterocycles. The van der Waals surface area contributed by atoms with E-state index in [0.29, 0.717) is 75.2 Å². The summed E-state index contributed by atoms with van der Waals surface area (Å²) in [5.41, 5.74) is 1.14. The molecule has 9 rings (SSSR count). The Kier molecular flexibility index (Phi) is 19.1. The van der Waals surface area contributed by atoms with Crippen molar-refractivity contribution < 1.29 is 57.2 Å². The molecule has 24 nitrogen and oxygen atoms in total. The fraction of sp³-hybridized carbons (Fsp3) is 0.434. The van der Waals surface area contributed by atoms with Crippen LogP contribution >= 0.6 is 0 Å². The smallest absolute Gasteiger partial charge is 0.410 e. The van der Waals surface area contributed by atoms with Crippen LogP contribution in [0, 0.1) is 0 Å². The third-order valence-corrected chi connectivity index (χ3v) is 13.7. The molecule has 3 aromatic heterocycles. The predicted molar refractivity (Wildman–Crippen MR) is 272 cm³/mol. The summed E-state index contributed by atoms with van der Waals surface area (Å²) >= 11 is 0. The van der Waals surface area contributed by atoms with Crippen LogP contribution in [0.3, 0.4) is 0 Å². The van der Waals surface area contributed by atoms with Crippen molar-refractivity contribution in [3.05, 3.63) is 143 Å². The van der Waals surface area contributed by atoms with Gasteiger partial charge in [-0.3, -0.25) is 19.1 Å². The molecule has 408 valence electrons. The number of esters is 3. The van der Waals surface area contributed by atoms with E-state index < -0.39 is 52.4 Å². The second-order valence-electron chi connectivity index (χ2n) is 18.8. The molecule has 3 aromatic carbocycles. The normalized spacial score (nSPS) is 19.9. The van der Waals surface area contributed by atoms with Crippen LogP contribution in [0.5, 0.6) is 0 Å². The summed E-state index contributed by atoms with van der Waals surface area (Å²) in [4.78, 5) is 81.1. The molecule has 3 aliphatic rings. The average molecular weight is 1060 g/mol. The van der Waals surface area contributed by atoms with Crippen molar-refractivity contribution in [2.75, 3.05) is 60.6 Å². The van der Waals surface area contributed by atoms with Gasteiger partial charge in [0.2, 0.25) is 0 Å². The van der Waals surface area contributed by atoms with Gasteiger partial charge in [0.25, 0.3) is 0 Å². The number of carbonyl (C=O) groups excluding carboxylic acids is 6. The highest BCUT2D eigenvalue weighted by atomic mass is 16.6. The number of benzene rings is 3. The summed E-state index contributed by atoms with van der Waals surface area (Å²) in [5, 5.41) is 26.7. The Balaban J connectivity index is 0.000000168. The molecule has 3 atom stereocenters. The summed E-state index contributed by atoms with van der Waals surface area (Å²) in [5.74, 6) is -1.26. The van der Waals surface area contributed by atoms with Gasteiger partial charge in [-0.05, 0) is 55.2 Å². The molecule has 6 aromatic rings. The van der Waals surface area contributed by atoms with Gasteiger partial charge in [0.1, 0.15) is 53.1 Å². The lowest BCUT2D eigenvalue weighted by Gasteiger charge is -2.38. The highest BCUT2D eigenvalue weighted by Gasteiger charge is 2.51. The Labute approximate surface area is 444 Å². The third-order valence-electron chi connectivity index (χ3n) is 13.7. The molecular weight excluding hydrogens is 997 g/mol. The third kappa shape index (κ3) is 13.6. The van der Waals surface area contributed by atoms with Crippen LogP contribution in [-0.2, 0) is 93.0 Å². The molecule has 0 radical (unpaired) electrons. The van der Waals surface area contributed by atoms with Gasteiger partial charge >= 0.3 is 36.2 Å². The standard InChI is InChI=1S/2C18H22N4O4.C17H20N4O4/c1-21-11-15(19-20-21)18(16(23)25-2)9-6-10-22(13-18)17(24)26-12-14-7-4-3-5-8-14;1-21-19-11-15(20-21)18(16(23)25-2)9-6-10-22(13-18)17(24)26-12-14-7-4-3-5-8-14;1-24-15(22)17(14-10-18-20-19-14)8-5-9-21(12-17)16(23)25-11-13-6-3-2-4-7-13/h2*3-5,7-8,11H,6,9-10,12-13H2,1-2H3;2-4,6-7,10H,5,8-9,11-12H2,1H3,(H,18,19,20). The Morgan fingerprint density at radius 1 is 0.532 bits per heavy atom. The SMILES string of the molecule is COC(=O)C1(c2cn(C)nn2)CCCN(C(=O)OCc2ccccc2)C1.COC(=O)C1(c2cn[nH]n2)CCCN(C(=O)OCc2ccccc2)C1.COC(=O)C1(c2cnn(C)n2)CCCN(C(=O)OCc2ccccc2)C1. The first kappa shape index (κ1) is 56.0. The molecule has 6 heterocycles. The second kappa shape index (κ2) is 26.2. The first-order valence-corrected chi connectivity index (χ1v) is 25.0. The number of piperidine rings is 3. The molecular formula is C53H64N12O12. The van der Waals surface area contributed by atoms with Gasteiger partial charge in [0, 0.05) is 59.6 Å². The van der Waals surface area contributed by atoms with Gasteiger partial charge in [-0.15, -0.1) is 5.10 Å². The van der Waals surface area contributed by atoms with Gasteiger partial charge < -0.3 is 43.1 Å². The van der Waals surface area contributed by atoms with E-state index in [2.05, 4.69) is 35.9 Å². The number of nitrogens with one attached hydrogen (secondary N) is 1. The quantitative estimate of drug-likeness (QED) is 0.125. The van der Waals surface area contributed by atoms with E-state index in [1.165, 1.54) is 51.7 Å². The second-order valence-corrected chi connectivity index (χ2v) is 18.8. The zero-order valence-corrected chi connectivity index (χ0v) is 43.8. The summed E-state index contributed by atoms with van der Waals surface area (Å²) in [7, 11) is 7.43. The number of hydrogen-bond acceptors (Lipinski definition) is 18. The summed E-state index contributed by atoms with van der Waals surface area (Å²) in [6.45, 7) is 2.59. The highest BCUT2D eigenvalue weighted by Crippen LogP contribution is 2.37. The van der Waals surface area contributed by atoms with E-state index >= 15 is 0 Å². The first-order valence-electron chi connectivity index (χ1n) is 25.0. The van der Waals surface area contributed by atoms with Crippen molar-refractivity contribution in [3.8, 4) is 0 Å². The maximum atomic E-state index is 12.6. The number of rotatable bonds is 12. The van der Waals surface area contributed by atoms with Gasteiger partial charge in [-0.1, -0.05) is 96.2 Å². The lowest BCUT2D eigenvalue weighted by molar-refractivity contribution is -0.150. The Hall–Kier alpha value is -8.70. The molecule has 0 saturated carbocycles. The molecule has 3 fully saturated rings. The average Bonchev–Trinajstić information content (AvgIpc) is 4.32. The lowest BCUT2D eigenvalue weighted by atomic mass is 9.77. The highest BCUT2D eigenvalue weighted by molar-refractivity contribution is 5.85. The fourth-order valence-electron chi connectivity index (χ4n) is 9.66. The van der Waals surface area contributed by atoms with Crippen LogP contribution in [-0.4, -0.2) is 157 Å². The van der Waals surface area contributed by atoms with Gasteiger partial charge in [-0.2, -0.15) is 30.4 Å². The lowest BCUT2D eigenvalue weighted by Crippen LogP contribution is -2.53. The van der Waals surface area contributed by atoms with Crippen molar-refractivity contribution in [2.24, 2.45) is 14.1 Å². The van der Waals surface area contributed by atoms with Crippen LogP contribution in [0.2, 0.25) is 0 Å². The number of carbonyl (C=O) groups is 6. The molecule has 0 spiro atoms. The van der Waals surface area contributed by atoms with E-state index in [-0.39, 0.29) is 39.5 Å². The fourth-order valence-corrected chi connectivity index (χ4v) is 9.66. The number of likely N-dealkylation sites (tertiary alicyclic amines) is 3. The predicted octanol–water partition coefficient (Wildman–Crippen LogP) is 4.97. The topological polar surface area (TPSA) is 271 Å². The number of H-pyrrole nitrogens is 1. The molecule has 3 saturated heterocycles. The van der Waals surface area contributed by atoms with Gasteiger partial charge in [-0.25, -0.2) is 14.4 Å². The van der Waals surface area contributed by atoms with Crippen LogP contribution in [0.4, 0.5) is 14.4 Å². The van der Waals surface area contributed by atoms with E-state index in [4.69, 9.17) is 28.4 Å². The van der Waals surface area contributed by atoms with Gasteiger partial charge in [0.15, 0.2) is 0 Å². The van der Waals surface area contributed by atoms with Crippen LogP contribution in [0.15, 0.2) is 110 Å². The molecule has 0 aliphatic carbocycles. The minimum atomic E-state index is -1.02. The van der Waals surface area contributed by atoms with Crippen molar-refractivity contribution in [1.82, 2.24) is 60.1 Å². The maximum Gasteiger partial charge on any atom is 0.410 e. The first-order chi connectivity index (χ1) is 37.2. The zero-order chi connectivity index (χ0) is 54.8. The number of ether oxygens (including phenoxy) is 6. The number of aryl methyl sites for hydroxylation is 2. The number of hydrogen-bond donors (Lipinski definition) is 1. The summed E-state index contributed by atoms with van der Waals surface area (Å²) < 4.78 is 32.7. The van der Waals surface area contributed by atoms with E-state index in [1.807, 2.05) is 91.0 Å². The number of aromatic amines is 1. The van der Waals surface area contributed by atoms with Crippen LogP contribution in [0.25, 0.3) is 0 Å². The van der Waals surface area contributed by atoms with Crippen molar-refractivity contribution in [1.29, 1.82) is 0 Å². The maximum absolute atomic E-state index is 12.6. The molecule has 3 amide bonds. The zero-order valence-electron chi connectivity index (χ0n) is 43.8. The summed E-state index contributed by atoms with van der Waals surface area (Å²) in [6.07, 6.45) is 6.93. The van der Waals surface area contributed by atoms with Gasteiger partial charge in [0.05, 0.1) is 33.7 Å². The molecule has 3 unspecified atom stereocenters. The summed E-state index contributed by atoms with van der Waals surface area (Å²) in [6, 6.07) is 28.4. The minimum Gasteiger partial charge on any atom is -0.468 e. The Bertz CT molecular complexity index is 2760. The molecule has 77 heavy (non-hydrogen) atoms. The Morgan fingerprint density at radius 3 is 1.25 bits per heavy atom. The van der Waals surface area contributed by atoms with Crippen molar-refractivity contribution >= 4 is 36.2 Å². The van der Waals surface area contributed by atoms with Crippen molar-refractivity contribution in [3.63, 3.8) is 0 Å². The van der Waals surface area contributed by atoms with E-state index in [0.717, 1.165) is 16.7 Å². The monoisotopic (exact) mass is 1060 g/mol. The number of amides is 3. The molecule has 0 bridgehead atoms. The molecule has 24 heteroatoms. The van der Waals surface area contributed by atoms with E-state index in [9.17, 15) is 28.8 Å². The van der Waals surface area contributed by atoms with Crippen molar-refractivity contribution in [2.45, 2.75) is 74.6 Å². The molecule has 1 N–H and O–H groups in total.